The molecule has 0 fully saturated rings. The van der Waals surface area contributed by atoms with Crippen LogP contribution < -0.4 is 9.05 Å². The van der Waals surface area contributed by atoms with E-state index in [0.717, 1.165) is 0 Å². The molecule has 0 radical (unpaired) electrons. The molecule has 0 saturated carbocycles. The van der Waals surface area contributed by atoms with Crippen LogP contribution in [0.5, 0.6) is 11.5 Å². The fraction of sp³-hybridized carbons (Fsp3) is 0.692. The lowest BCUT2D eigenvalue weighted by molar-refractivity contribution is 0.0596. The minimum Gasteiger partial charge on any atom is -0.472 e. The zero-order valence-electron chi connectivity index (χ0n) is 23.5. The number of benzene rings is 1. The second kappa shape index (κ2) is 10.7. The standard InChI is InChI=1S/C26H44O6P2/c1-23(2,3)33(24(4,5)6)31-19-16-20(32-34(25(7,8)9)26(10,11)12)18(22(28)30-14)15-17(19)21(27)29-13/h15-16H,1-14H3. The first-order chi connectivity index (χ1) is 15.1. The van der Waals surface area contributed by atoms with Crippen LogP contribution in [0.1, 0.15) is 104 Å². The van der Waals surface area contributed by atoms with Gasteiger partial charge in [-0.3, -0.25) is 0 Å². The molecule has 0 aliphatic heterocycles. The third kappa shape index (κ3) is 7.82. The Morgan fingerprint density at radius 1 is 0.559 bits per heavy atom. The van der Waals surface area contributed by atoms with Crippen molar-refractivity contribution in [1.82, 2.24) is 0 Å². The molecule has 0 amide bonds. The van der Waals surface area contributed by atoms with Gasteiger partial charge in [-0.15, -0.1) is 0 Å². The van der Waals surface area contributed by atoms with Gasteiger partial charge >= 0.3 is 11.9 Å². The Labute approximate surface area is 209 Å². The van der Waals surface area contributed by atoms with Gasteiger partial charge in [-0.2, -0.15) is 0 Å². The van der Waals surface area contributed by atoms with Gasteiger partial charge in [0, 0.05) is 26.7 Å². The van der Waals surface area contributed by atoms with Crippen molar-refractivity contribution in [2.45, 2.75) is 104 Å². The maximum Gasteiger partial charge on any atom is 0.341 e. The number of hydrogen-bond acceptors (Lipinski definition) is 6. The van der Waals surface area contributed by atoms with Crippen LogP contribution in [0.3, 0.4) is 0 Å². The molecule has 34 heavy (non-hydrogen) atoms. The van der Waals surface area contributed by atoms with Gasteiger partial charge < -0.3 is 18.5 Å². The Balaban J connectivity index is 3.87. The predicted molar refractivity (Wildman–Crippen MR) is 143 cm³/mol. The molecule has 0 bridgehead atoms. The second-order valence-electron chi connectivity index (χ2n) is 12.3. The molecule has 1 aromatic carbocycles. The Morgan fingerprint density at radius 3 is 1.03 bits per heavy atom. The molecule has 0 N–H and O–H groups in total. The van der Waals surface area contributed by atoms with Gasteiger partial charge in [-0.05, 0) is 6.07 Å². The van der Waals surface area contributed by atoms with E-state index in [0.29, 0.717) is 11.5 Å². The SMILES string of the molecule is COC(=O)c1cc(C(=O)OC)c(OP(C(C)(C)C)C(C)(C)C)cc1OP(C(C)(C)C)C(C)(C)C. The number of carbonyl (C=O) groups is 2. The molecule has 0 aliphatic rings. The van der Waals surface area contributed by atoms with Crippen LogP contribution in [0.25, 0.3) is 0 Å². The first-order valence-electron chi connectivity index (χ1n) is 11.5. The zero-order valence-corrected chi connectivity index (χ0v) is 25.3. The lowest BCUT2D eigenvalue weighted by Gasteiger charge is -2.41. The maximum atomic E-state index is 12.7. The van der Waals surface area contributed by atoms with E-state index in [1.54, 1.807) is 6.07 Å². The third-order valence-corrected chi connectivity index (χ3v) is 10.3. The van der Waals surface area contributed by atoms with Crippen LogP contribution >= 0.6 is 16.3 Å². The maximum absolute atomic E-state index is 12.7. The quantitative estimate of drug-likeness (QED) is 0.283. The van der Waals surface area contributed by atoms with E-state index in [-0.39, 0.29) is 31.8 Å². The number of ether oxygens (including phenoxy) is 2. The van der Waals surface area contributed by atoms with Crippen LogP contribution in [0.2, 0.25) is 0 Å². The van der Waals surface area contributed by atoms with E-state index >= 15 is 0 Å². The summed E-state index contributed by atoms with van der Waals surface area (Å²) in [5, 5.41) is -0.641. The molecule has 0 saturated heterocycles. The molecule has 6 nitrogen and oxygen atoms in total. The summed E-state index contributed by atoms with van der Waals surface area (Å²) in [5.74, 6) is -0.469. The smallest absolute Gasteiger partial charge is 0.341 e. The first kappa shape index (κ1) is 30.7. The highest BCUT2D eigenvalue weighted by atomic mass is 31.1. The van der Waals surface area contributed by atoms with Gasteiger partial charge in [0.25, 0.3) is 0 Å². The van der Waals surface area contributed by atoms with Gasteiger partial charge in [0.1, 0.15) is 22.6 Å². The van der Waals surface area contributed by atoms with Crippen molar-refractivity contribution in [3.8, 4) is 11.5 Å². The molecule has 0 unspecified atom stereocenters. The summed E-state index contributed by atoms with van der Waals surface area (Å²) < 4.78 is 23.3. The van der Waals surface area contributed by atoms with Crippen LogP contribution in [-0.2, 0) is 9.47 Å². The molecule has 8 heteroatoms. The van der Waals surface area contributed by atoms with E-state index in [4.69, 9.17) is 18.5 Å². The first-order valence-corrected chi connectivity index (χ1v) is 14.0. The van der Waals surface area contributed by atoms with Crippen molar-refractivity contribution < 1.29 is 28.1 Å². The van der Waals surface area contributed by atoms with E-state index in [9.17, 15) is 9.59 Å². The largest absolute Gasteiger partial charge is 0.472 e. The highest BCUT2D eigenvalue weighted by Gasteiger charge is 2.41. The predicted octanol–water partition coefficient (Wildman–Crippen LogP) is 8.01. The topological polar surface area (TPSA) is 71.1 Å². The molecule has 0 heterocycles. The van der Waals surface area contributed by atoms with Crippen LogP contribution in [-0.4, -0.2) is 46.8 Å². The fourth-order valence-corrected chi connectivity index (χ4v) is 9.82. The minimum atomic E-state index is -1.05. The number of rotatable bonds is 6. The molecule has 0 spiro atoms. The normalized spacial score (nSPS) is 13.2. The van der Waals surface area contributed by atoms with E-state index in [1.807, 2.05) is 0 Å². The number of carbonyl (C=O) groups excluding carboxylic acids is 2. The summed E-state index contributed by atoms with van der Waals surface area (Å²) in [5.41, 5.74) is 0.346. The number of hydrogen-bond donors (Lipinski definition) is 0. The Morgan fingerprint density at radius 2 is 0.824 bits per heavy atom. The number of esters is 2. The average Bonchev–Trinajstić information content (AvgIpc) is 2.65. The van der Waals surface area contributed by atoms with E-state index in [1.165, 1.54) is 20.3 Å². The van der Waals surface area contributed by atoms with Crippen molar-refractivity contribution in [1.29, 1.82) is 0 Å². The van der Waals surface area contributed by atoms with Gasteiger partial charge in [0.2, 0.25) is 0 Å². The van der Waals surface area contributed by atoms with Gasteiger partial charge in [0.05, 0.1) is 30.5 Å². The molecule has 0 atom stereocenters. The Bertz CT molecular complexity index is 786. The minimum absolute atomic E-state index is 0.160. The lowest BCUT2D eigenvalue weighted by Crippen LogP contribution is -2.29. The average molecular weight is 515 g/mol. The van der Waals surface area contributed by atoms with Crippen molar-refractivity contribution in [2.24, 2.45) is 0 Å². The molecule has 1 rings (SSSR count). The van der Waals surface area contributed by atoms with E-state index in [2.05, 4.69) is 83.1 Å². The van der Waals surface area contributed by atoms with Gasteiger partial charge in [-0.1, -0.05) is 83.1 Å². The van der Waals surface area contributed by atoms with Gasteiger partial charge in [-0.25, -0.2) is 9.59 Å². The zero-order chi connectivity index (χ0) is 26.9. The number of methoxy groups -OCH3 is 2. The van der Waals surface area contributed by atoms with Crippen molar-refractivity contribution in [3.63, 3.8) is 0 Å². The summed E-state index contributed by atoms with van der Waals surface area (Å²) in [6.07, 6.45) is 0. The second-order valence-corrected chi connectivity index (χ2v) is 19.2. The summed E-state index contributed by atoms with van der Waals surface area (Å²) in [4.78, 5) is 25.5. The fourth-order valence-electron chi connectivity index (χ4n) is 4.01. The summed E-state index contributed by atoms with van der Waals surface area (Å²) in [6, 6.07) is 3.14. The summed E-state index contributed by atoms with van der Waals surface area (Å²) >= 11 is 0. The Hall–Kier alpha value is -1.38. The highest BCUT2D eigenvalue weighted by Crippen LogP contribution is 2.62. The van der Waals surface area contributed by atoms with E-state index < -0.39 is 28.2 Å². The summed E-state index contributed by atoms with van der Waals surface area (Å²) in [6.45, 7) is 25.5. The molecule has 0 aliphatic carbocycles. The molecule has 194 valence electrons. The van der Waals surface area contributed by atoms with Crippen LogP contribution in [0, 0.1) is 0 Å². The summed E-state index contributed by atoms with van der Waals surface area (Å²) in [7, 11) is 0.526. The van der Waals surface area contributed by atoms with Crippen LogP contribution in [0.15, 0.2) is 12.1 Å². The Kier molecular flexibility index (Phi) is 9.65. The van der Waals surface area contributed by atoms with Gasteiger partial charge in [0.15, 0.2) is 0 Å². The molecule has 0 aromatic heterocycles. The van der Waals surface area contributed by atoms with Crippen molar-refractivity contribution >= 4 is 28.2 Å². The lowest BCUT2D eigenvalue weighted by atomic mass is 10.1. The molecular weight excluding hydrogens is 470 g/mol. The highest BCUT2D eigenvalue weighted by molar-refractivity contribution is 7.56. The molecule has 1 aromatic rings. The van der Waals surface area contributed by atoms with Crippen molar-refractivity contribution in [2.75, 3.05) is 14.2 Å². The molecular formula is C26H44O6P2. The van der Waals surface area contributed by atoms with Crippen LogP contribution in [0.4, 0.5) is 0 Å². The monoisotopic (exact) mass is 514 g/mol. The van der Waals surface area contributed by atoms with Crippen molar-refractivity contribution in [3.05, 3.63) is 23.3 Å². The third-order valence-electron chi connectivity index (χ3n) is 4.71.